The average Bonchev–Trinajstić information content (AvgIpc) is 2.47. The van der Waals surface area contributed by atoms with Gasteiger partial charge in [-0.15, -0.1) is 0 Å². The molecule has 0 aromatic heterocycles. The minimum atomic E-state index is 0.0187. The normalized spacial score (nSPS) is 24.9. The second kappa shape index (κ2) is 7.75. The van der Waals surface area contributed by atoms with Crippen molar-refractivity contribution in [3.63, 3.8) is 0 Å². The lowest BCUT2D eigenvalue weighted by Gasteiger charge is -2.38. The van der Waals surface area contributed by atoms with Gasteiger partial charge in [-0.3, -0.25) is 14.5 Å². The van der Waals surface area contributed by atoms with E-state index in [-0.39, 0.29) is 11.8 Å². The minimum absolute atomic E-state index is 0.0187. The lowest BCUT2D eigenvalue weighted by atomic mass is 9.96. The second-order valence-corrected chi connectivity index (χ2v) is 6.25. The fourth-order valence-electron chi connectivity index (χ4n) is 3.21. The molecular formula is C15H28N4O2. The van der Waals surface area contributed by atoms with Gasteiger partial charge in [0.15, 0.2) is 0 Å². The van der Waals surface area contributed by atoms with Gasteiger partial charge in [0.05, 0.1) is 5.92 Å². The molecule has 2 aliphatic rings. The number of likely N-dealkylation sites (tertiary alicyclic amines) is 1. The second-order valence-electron chi connectivity index (χ2n) is 6.25. The fraction of sp³-hybridized carbons (Fsp3) is 0.867. The number of piperazine rings is 1. The Morgan fingerprint density at radius 1 is 1.14 bits per heavy atom. The molecule has 0 radical (unpaired) electrons. The van der Waals surface area contributed by atoms with Crippen molar-refractivity contribution in [2.75, 3.05) is 59.4 Å². The monoisotopic (exact) mass is 296 g/mol. The molecule has 120 valence electrons. The number of nitrogens with zero attached hydrogens (tertiary/aromatic N) is 3. The van der Waals surface area contributed by atoms with Crippen LogP contribution in [0.5, 0.6) is 0 Å². The number of hydrogen-bond donors (Lipinski definition) is 1. The van der Waals surface area contributed by atoms with Crippen molar-refractivity contribution in [2.24, 2.45) is 5.92 Å². The van der Waals surface area contributed by atoms with Crippen LogP contribution < -0.4 is 5.32 Å². The SMILES string of the molecule is CC(=O)NCCN1CCN(C(=O)C2CCCN(C)C2)CC1. The maximum atomic E-state index is 12.5. The van der Waals surface area contributed by atoms with Gasteiger partial charge < -0.3 is 15.1 Å². The molecule has 0 aliphatic carbocycles. The molecule has 1 atom stereocenters. The lowest BCUT2D eigenvalue weighted by molar-refractivity contribution is -0.138. The molecule has 6 heteroatoms. The molecule has 2 fully saturated rings. The number of carbonyl (C=O) groups excluding carboxylic acids is 2. The molecular weight excluding hydrogens is 268 g/mol. The van der Waals surface area contributed by atoms with E-state index in [1.165, 1.54) is 6.92 Å². The van der Waals surface area contributed by atoms with Gasteiger partial charge >= 0.3 is 0 Å². The lowest BCUT2D eigenvalue weighted by Crippen LogP contribution is -2.53. The average molecular weight is 296 g/mol. The summed E-state index contributed by atoms with van der Waals surface area (Å²) in [6.45, 7) is 8.57. The summed E-state index contributed by atoms with van der Waals surface area (Å²) in [6.07, 6.45) is 2.16. The highest BCUT2D eigenvalue weighted by Gasteiger charge is 2.29. The molecule has 0 saturated carbocycles. The van der Waals surface area contributed by atoms with Crippen molar-refractivity contribution in [2.45, 2.75) is 19.8 Å². The first-order valence-electron chi connectivity index (χ1n) is 8.00. The predicted octanol–water partition coefficient (Wildman–Crippen LogP) is -0.391. The molecule has 6 nitrogen and oxygen atoms in total. The highest BCUT2D eigenvalue weighted by Crippen LogP contribution is 2.18. The molecule has 0 bridgehead atoms. The number of piperidine rings is 1. The van der Waals surface area contributed by atoms with Crippen LogP contribution in [-0.4, -0.2) is 85.9 Å². The summed E-state index contributed by atoms with van der Waals surface area (Å²) in [4.78, 5) is 30.0. The van der Waals surface area contributed by atoms with Gasteiger partial charge in [-0.25, -0.2) is 0 Å². The van der Waals surface area contributed by atoms with Crippen molar-refractivity contribution in [3.05, 3.63) is 0 Å². The summed E-state index contributed by atoms with van der Waals surface area (Å²) in [7, 11) is 2.10. The van der Waals surface area contributed by atoms with Crippen molar-refractivity contribution in [3.8, 4) is 0 Å². The summed E-state index contributed by atoms with van der Waals surface area (Å²) in [6, 6.07) is 0. The third-order valence-electron chi connectivity index (χ3n) is 4.46. The molecule has 2 aliphatic heterocycles. The highest BCUT2D eigenvalue weighted by molar-refractivity contribution is 5.79. The van der Waals surface area contributed by atoms with Crippen LogP contribution in [0.25, 0.3) is 0 Å². The third-order valence-corrected chi connectivity index (χ3v) is 4.46. The van der Waals surface area contributed by atoms with E-state index in [0.29, 0.717) is 12.5 Å². The number of nitrogens with one attached hydrogen (secondary N) is 1. The summed E-state index contributed by atoms with van der Waals surface area (Å²) in [5, 5.41) is 2.82. The van der Waals surface area contributed by atoms with Crippen molar-refractivity contribution >= 4 is 11.8 Å². The van der Waals surface area contributed by atoms with E-state index in [1.807, 2.05) is 4.90 Å². The maximum absolute atomic E-state index is 12.5. The van der Waals surface area contributed by atoms with Crippen LogP contribution in [0.2, 0.25) is 0 Å². The topological polar surface area (TPSA) is 55.9 Å². The highest BCUT2D eigenvalue weighted by atomic mass is 16.2. The van der Waals surface area contributed by atoms with Crippen LogP contribution in [0.3, 0.4) is 0 Å². The molecule has 1 unspecified atom stereocenters. The Balaban J connectivity index is 1.70. The molecule has 0 spiro atoms. The van der Waals surface area contributed by atoms with Crippen LogP contribution in [0.4, 0.5) is 0 Å². The van der Waals surface area contributed by atoms with E-state index < -0.39 is 0 Å². The smallest absolute Gasteiger partial charge is 0.227 e. The Morgan fingerprint density at radius 2 is 1.86 bits per heavy atom. The summed E-state index contributed by atoms with van der Waals surface area (Å²) in [5.41, 5.74) is 0. The third kappa shape index (κ3) is 4.97. The summed E-state index contributed by atoms with van der Waals surface area (Å²) in [5.74, 6) is 0.544. The van der Waals surface area contributed by atoms with Crippen LogP contribution in [-0.2, 0) is 9.59 Å². The minimum Gasteiger partial charge on any atom is -0.355 e. The molecule has 1 N–H and O–H groups in total. The maximum Gasteiger partial charge on any atom is 0.227 e. The van der Waals surface area contributed by atoms with Gasteiger partial charge in [-0.1, -0.05) is 0 Å². The molecule has 21 heavy (non-hydrogen) atoms. The zero-order chi connectivity index (χ0) is 15.2. The Morgan fingerprint density at radius 3 is 2.48 bits per heavy atom. The van der Waals surface area contributed by atoms with Gasteiger partial charge in [0.25, 0.3) is 0 Å². The van der Waals surface area contributed by atoms with E-state index >= 15 is 0 Å². The van der Waals surface area contributed by atoms with Gasteiger partial charge in [-0.2, -0.15) is 0 Å². The molecule has 2 heterocycles. The van der Waals surface area contributed by atoms with Crippen LogP contribution in [0.15, 0.2) is 0 Å². The molecule has 2 saturated heterocycles. The quantitative estimate of drug-likeness (QED) is 0.768. The molecule has 0 aromatic rings. The van der Waals surface area contributed by atoms with Gasteiger partial charge in [0.2, 0.25) is 11.8 Å². The van der Waals surface area contributed by atoms with Gasteiger partial charge in [-0.05, 0) is 26.4 Å². The predicted molar refractivity (Wildman–Crippen MR) is 81.9 cm³/mol. The first kappa shape index (κ1) is 16.2. The van der Waals surface area contributed by atoms with Crippen LogP contribution in [0, 0.1) is 5.92 Å². The van der Waals surface area contributed by atoms with Crippen LogP contribution in [0.1, 0.15) is 19.8 Å². The Bertz CT molecular complexity index is 367. The van der Waals surface area contributed by atoms with Gasteiger partial charge in [0, 0.05) is 52.7 Å². The van der Waals surface area contributed by atoms with E-state index in [2.05, 4.69) is 22.2 Å². The van der Waals surface area contributed by atoms with Crippen molar-refractivity contribution in [1.82, 2.24) is 20.0 Å². The zero-order valence-corrected chi connectivity index (χ0v) is 13.3. The molecule has 2 rings (SSSR count). The Kier molecular flexibility index (Phi) is 5.99. The fourth-order valence-corrected chi connectivity index (χ4v) is 3.21. The number of rotatable bonds is 4. The first-order chi connectivity index (χ1) is 10.1. The van der Waals surface area contributed by atoms with Gasteiger partial charge in [0.1, 0.15) is 0 Å². The standard InChI is InChI=1S/C15H28N4O2/c1-13(20)16-5-7-18-8-10-19(11-9-18)15(21)14-4-3-6-17(2)12-14/h14H,3-12H2,1-2H3,(H,16,20). The summed E-state index contributed by atoms with van der Waals surface area (Å²) < 4.78 is 0. The Hall–Kier alpha value is -1.14. The molecule has 2 amide bonds. The number of hydrogen-bond acceptors (Lipinski definition) is 4. The number of carbonyl (C=O) groups is 2. The Labute approximate surface area is 127 Å². The molecule has 0 aromatic carbocycles. The van der Waals surface area contributed by atoms with Crippen LogP contribution >= 0.6 is 0 Å². The van der Waals surface area contributed by atoms with Crippen molar-refractivity contribution < 1.29 is 9.59 Å². The van der Waals surface area contributed by atoms with Crippen molar-refractivity contribution in [1.29, 1.82) is 0 Å². The van der Waals surface area contributed by atoms with E-state index in [9.17, 15) is 9.59 Å². The zero-order valence-electron chi connectivity index (χ0n) is 13.3. The first-order valence-corrected chi connectivity index (χ1v) is 8.00. The van der Waals surface area contributed by atoms with E-state index in [4.69, 9.17) is 0 Å². The van der Waals surface area contributed by atoms with E-state index in [1.54, 1.807) is 0 Å². The largest absolute Gasteiger partial charge is 0.355 e. The van der Waals surface area contributed by atoms with E-state index in [0.717, 1.165) is 58.7 Å². The number of amides is 2. The summed E-state index contributed by atoms with van der Waals surface area (Å²) >= 11 is 0.